The topological polar surface area (TPSA) is 74.7 Å². The predicted octanol–water partition coefficient (Wildman–Crippen LogP) is 2.59. The maximum atomic E-state index is 12.2. The number of sulfonamides is 1. The second kappa shape index (κ2) is 6.69. The zero-order valence-corrected chi connectivity index (χ0v) is 13.3. The number of aliphatic carboxylic acids is 1. The number of hydrogen-bond acceptors (Lipinski definition) is 3. The minimum atomic E-state index is -3.62. The van der Waals surface area contributed by atoms with E-state index in [1.165, 1.54) is 25.2 Å². The standard InChI is InChI=1S/C11H13BrClNO4S/c1-14(6-2-3-11(15)16)19(17,18)8-4-5-10(13)9(12)7-8/h4-5,7H,2-3,6H2,1H3,(H,15,16). The molecule has 0 unspecified atom stereocenters. The van der Waals surface area contributed by atoms with Crippen LogP contribution in [0.4, 0.5) is 0 Å². The maximum Gasteiger partial charge on any atom is 0.303 e. The van der Waals surface area contributed by atoms with Crippen molar-refractivity contribution in [1.82, 2.24) is 4.31 Å². The Balaban J connectivity index is 2.84. The second-order valence-corrected chi connectivity index (χ2v) is 7.21. The van der Waals surface area contributed by atoms with Gasteiger partial charge in [0.25, 0.3) is 0 Å². The van der Waals surface area contributed by atoms with Crippen LogP contribution in [0.15, 0.2) is 27.6 Å². The lowest BCUT2D eigenvalue weighted by Gasteiger charge is -2.17. The molecular formula is C11H13BrClNO4S. The van der Waals surface area contributed by atoms with E-state index in [4.69, 9.17) is 16.7 Å². The van der Waals surface area contributed by atoms with Gasteiger partial charge in [-0.05, 0) is 40.5 Å². The summed E-state index contributed by atoms with van der Waals surface area (Å²) in [7, 11) is -2.21. The molecule has 0 saturated carbocycles. The summed E-state index contributed by atoms with van der Waals surface area (Å²) in [5.74, 6) is -0.944. The van der Waals surface area contributed by atoms with E-state index in [0.29, 0.717) is 9.50 Å². The molecule has 0 radical (unpaired) electrons. The van der Waals surface area contributed by atoms with Crippen LogP contribution >= 0.6 is 27.5 Å². The van der Waals surface area contributed by atoms with Crippen LogP contribution in [0.1, 0.15) is 12.8 Å². The first kappa shape index (κ1) is 16.4. The molecule has 0 amide bonds. The SMILES string of the molecule is CN(CCCC(=O)O)S(=O)(=O)c1ccc(Cl)c(Br)c1. The van der Waals surface area contributed by atoms with Crippen LogP contribution < -0.4 is 0 Å². The average Bonchev–Trinajstić information content (AvgIpc) is 2.31. The molecule has 1 aromatic carbocycles. The Hall–Kier alpha value is -0.630. The summed E-state index contributed by atoms with van der Waals surface area (Å²) < 4.78 is 26.0. The summed E-state index contributed by atoms with van der Waals surface area (Å²) in [6.45, 7) is 0.148. The lowest BCUT2D eigenvalue weighted by molar-refractivity contribution is -0.137. The first-order chi connectivity index (χ1) is 8.75. The van der Waals surface area contributed by atoms with Crippen molar-refractivity contribution >= 4 is 43.5 Å². The van der Waals surface area contributed by atoms with Gasteiger partial charge >= 0.3 is 5.97 Å². The summed E-state index contributed by atoms with van der Waals surface area (Å²) in [5, 5.41) is 8.95. The molecule has 0 aliphatic rings. The monoisotopic (exact) mass is 369 g/mol. The third-order valence-electron chi connectivity index (χ3n) is 2.46. The third-order valence-corrected chi connectivity index (χ3v) is 5.53. The molecule has 1 aromatic rings. The fourth-order valence-corrected chi connectivity index (χ4v) is 3.27. The van der Waals surface area contributed by atoms with Crippen LogP contribution in [0.2, 0.25) is 5.02 Å². The molecule has 0 aliphatic heterocycles. The van der Waals surface area contributed by atoms with Crippen molar-refractivity contribution < 1.29 is 18.3 Å². The minimum absolute atomic E-state index is 0.0653. The molecule has 0 atom stereocenters. The third kappa shape index (κ3) is 4.45. The molecule has 0 bridgehead atoms. The summed E-state index contributed by atoms with van der Waals surface area (Å²) >= 11 is 8.97. The van der Waals surface area contributed by atoms with Gasteiger partial charge in [0.05, 0.1) is 9.92 Å². The van der Waals surface area contributed by atoms with Gasteiger partial charge in [0, 0.05) is 24.5 Å². The van der Waals surface area contributed by atoms with E-state index < -0.39 is 16.0 Å². The number of carbonyl (C=O) groups is 1. The molecule has 1 N–H and O–H groups in total. The Kier molecular flexibility index (Phi) is 5.79. The number of nitrogens with zero attached hydrogens (tertiary/aromatic N) is 1. The highest BCUT2D eigenvalue weighted by molar-refractivity contribution is 9.10. The molecule has 0 heterocycles. The van der Waals surface area contributed by atoms with Crippen LogP contribution in [0.5, 0.6) is 0 Å². The quantitative estimate of drug-likeness (QED) is 0.835. The van der Waals surface area contributed by atoms with E-state index >= 15 is 0 Å². The number of carboxylic acids is 1. The zero-order valence-electron chi connectivity index (χ0n) is 10.1. The number of rotatable bonds is 6. The van der Waals surface area contributed by atoms with E-state index in [2.05, 4.69) is 15.9 Å². The molecule has 0 spiro atoms. The van der Waals surface area contributed by atoms with Crippen molar-refractivity contribution in [2.24, 2.45) is 0 Å². The normalized spacial score (nSPS) is 11.8. The summed E-state index contributed by atoms with van der Waals surface area (Å²) in [6, 6.07) is 4.32. The summed E-state index contributed by atoms with van der Waals surface area (Å²) in [5.41, 5.74) is 0. The Labute approximate surface area is 125 Å². The Morgan fingerprint density at radius 2 is 2.11 bits per heavy atom. The van der Waals surface area contributed by atoms with Gasteiger partial charge in [-0.25, -0.2) is 12.7 Å². The number of benzene rings is 1. The highest BCUT2D eigenvalue weighted by Crippen LogP contribution is 2.26. The van der Waals surface area contributed by atoms with Crippen LogP contribution in [0, 0.1) is 0 Å². The second-order valence-electron chi connectivity index (χ2n) is 3.90. The van der Waals surface area contributed by atoms with Gasteiger partial charge in [-0.2, -0.15) is 0 Å². The minimum Gasteiger partial charge on any atom is -0.481 e. The van der Waals surface area contributed by atoms with Gasteiger partial charge in [0.1, 0.15) is 0 Å². The summed E-state index contributed by atoms with van der Waals surface area (Å²) in [6.07, 6.45) is 0.198. The van der Waals surface area contributed by atoms with Gasteiger partial charge in [-0.3, -0.25) is 4.79 Å². The van der Waals surface area contributed by atoms with Crippen molar-refractivity contribution in [3.8, 4) is 0 Å². The molecular weight excluding hydrogens is 358 g/mol. The molecule has 5 nitrogen and oxygen atoms in total. The van der Waals surface area contributed by atoms with Crippen molar-refractivity contribution in [1.29, 1.82) is 0 Å². The van der Waals surface area contributed by atoms with Crippen molar-refractivity contribution in [2.45, 2.75) is 17.7 Å². The van der Waals surface area contributed by atoms with Crippen molar-refractivity contribution in [2.75, 3.05) is 13.6 Å². The molecule has 0 fully saturated rings. The van der Waals surface area contributed by atoms with Gasteiger partial charge in [-0.15, -0.1) is 0 Å². The van der Waals surface area contributed by atoms with Gasteiger partial charge in [0.15, 0.2) is 0 Å². The highest BCUT2D eigenvalue weighted by Gasteiger charge is 2.21. The molecule has 106 valence electrons. The Bertz CT molecular complexity index is 576. The first-order valence-electron chi connectivity index (χ1n) is 5.38. The number of hydrogen-bond donors (Lipinski definition) is 1. The average molecular weight is 371 g/mol. The molecule has 1 rings (SSSR count). The number of carboxylic acid groups (broad SMARTS) is 1. The number of halogens is 2. The van der Waals surface area contributed by atoms with Gasteiger partial charge < -0.3 is 5.11 Å². The first-order valence-corrected chi connectivity index (χ1v) is 7.99. The van der Waals surface area contributed by atoms with Crippen LogP contribution in [0.25, 0.3) is 0 Å². The van der Waals surface area contributed by atoms with Crippen LogP contribution in [0.3, 0.4) is 0 Å². The fraction of sp³-hybridized carbons (Fsp3) is 0.364. The van der Waals surface area contributed by atoms with E-state index in [1.54, 1.807) is 0 Å². The molecule has 0 aliphatic carbocycles. The Morgan fingerprint density at radius 3 is 2.63 bits per heavy atom. The van der Waals surface area contributed by atoms with Gasteiger partial charge in [0.2, 0.25) is 10.0 Å². The van der Waals surface area contributed by atoms with Gasteiger partial charge in [-0.1, -0.05) is 11.6 Å². The fourth-order valence-electron chi connectivity index (χ4n) is 1.39. The lowest BCUT2D eigenvalue weighted by atomic mass is 10.3. The van der Waals surface area contributed by atoms with Crippen LogP contribution in [-0.4, -0.2) is 37.4 Å². The van der Waals surface area contributed by atoms with Crippen molar-refractivity contribution in [3.05, 3.63) is 27.7 Å². The smallest absolute Gasteiger partial charge is 0.303 e. The molecule has 0 aromatic heterocycles. The Morgan fingerprint density at radius 1 is 1.47 bits per heavy atom. The molecule has 19 heavy (non-hydrogen) atoms. The van der Waals surface area contributed by atoms with Crippen LogP contribution in [-0.2, 0) is 14.8 Å². The largest absolute Gasteiger partial charge is 0.481 e. The van der Waals surface area contributed by atoms with E-state index in [9.17, 15) is 13.2 Å². The maximum absolute atomic E-state index is 12.2. The summed E-state index contributed by atoms with van der Waals surface area (Å²) in [4.78, 5) is 10.5. The lowest BCUT2D eigenvalue weighted by Crippen LogP contribution is -2.28. The molecule has 8 heteroatoms. The highest BCUT2D eigenvalue weighted by atomic mass is 79.9. The predicted molar refractivity (Wildman–Crippen MR) is 75.8 cm³/mol. The van der Waals surface area contributed by atoms with E-state index in [-0.39, 0.29) is 24.3 Å². The molecule has 0 saturated heterocycles. The van der Waals surface area contributed by atoms with E-state index in [1.807, 2.05) is 0 Å². The van der Waals surface area contributed by atoms with E-state index in [0.717, 1.165) is 4.31 Å². The van der Waals surface area contributed by atoms with Crippen molar-refractivity contribution in [3.63, 3.8) is 0 Å². The zero-order chi connectivity index (χ0) is 14.6.